The van der Waals surface area contributed by atoms with Gasteiger partial charge in [-0.25, -0.2) is 4.98 Å². The third-order valence-corrected chi connectivity index (χ3v) is 2.50. The maximum absolute atomic E-state index is 11.7. The van der Waals surface area contributed by atoms with Gasteiger partial charge in [-0.2, -0.15) is 5.10 Å². The van der Waals surface area contributed by atoms with E-state index in [1.165, 1.54) is 18.5 Å². The Morgan fingerprint density at radius 1 is 1.38 bits per heavy atom. The van der Waals surface area contributed by atoms with Gasteiger partial charge in [0, 0.05) is 12.4 Å². The highest BCUT2D eigenvalue weighted by atomic mass is 35.5. The molecule has 0 spiro atoms. The second-order valence-electron chi connectivity index (χ2n) is 2.94. The van der Waals surface area contributed by atoms with E-state index in [1.54, 1.807) is 6.20 Å². The van der Waals surface area contributed by atoms with Crippen molar-refractivity contribution in [3.8, 4) is 0 Å². The SMILES string of the molecule is O=C(Nc1cn[nH]c1)c1cnc(Cl)c(Cl)c1. The van der Waals surface area contributed by atoms with Crippen LogP contribution in [0.15, 0.2) is 24.7 Å². The number of aromatic nitrogens is 3. The summed E-state index contributed by atoms with van der Waals surface area (Å²) < 4.78 is 0. The number of H-pyrrole nitrogens is 1. The van der Waals surface area contributed by atoms with Crippen LogP contribution in [0.2, 0.25) is 10.2 Å². The second kappa shape index (κ2) is 4.51. The summed E-state index contributed by atoms with van der Waals surface area (Å²) in [5.74, 6) is -0.326. The van der Waals surface area contributed by atoms with Gasteiger partial charge in [0.1, 0.15) is 5.15 Å². The summed E-state index contributed by atoms with van der Waals surface area (Å²) in [5, 5.41) is 9.29. The molecular weight excluding hydrogens is 251 g/mol. The lowest BCUT2D eigenvalue weighted by Gasteiger charge is -2.02. The Morgan fingerprint density at radius 2 is 2.19 bits per heavy atom. The minimum atomic E-state index is -0.326. The minimum absolute atomic E-state index is 0.168. The molecule has 0 saturated carbocycles. The van der Waals surface area contributed by atoms with E-state index in [9.17, 15) is 4.79 Å². The molecular formula is C9H6Cl2N4O. The first-order valence-electron chi connectivity index (χ1n) is 4.28. The van der Waals surface area contributed by atoms with Gasteiger partial charge in [-0.15, -0.1) is 0 Å². The fourth-order valence-corrected chi connectivity index (χ4v) is 1.34. The zero-order valence-electron chi connectivity index (χ0n) is 7.87. The number of nitrogens with one attached hydrogen (secondary N) is 2. The van der Waals surface area contributed by atoms with Crippen LogP contribution in [0.3, 0.4) is 0 Å². The van der Waals surface area contributed by atoms with Crippen LogP contribution in [0.4, 0.5) is 5.69 Å². The van der Waals surface area contributed by atoms with Crippen molar-refractivity contribution in [1.29, 1.82) is 0 Å². The number of carbonyl (C=O) groups excluding carboxylic acids is 1. The zero-order chi connectivity index (χ0) is 11.5. The van der Waals surface area contributed by atoms with Gasteiger partial charge in [0.15, 0.2) is 0 Å². The zero-order valence-corrected chi connectivity index (χ0v) is 9.38. The number of halogens is 2. The Hall–Kier alpha value is -1.59. The van der Waals surface area contributed by atoms with Crippen LogP contribution >= 0.6 is 23.2 Å². The summed E-state index contributed by atoms with van der Waals surface area (Å²) in [5.41, 5.74) is 0.895. The lowest BCUT2D eigenvalue weighted by molar-refractivity contribution is 0.102. The van der Waals surface area contributed by atoms with Gasteiger partial charge >= 0.3 is 0 Å². The third kappa shape index (κ3) is 2.32. The fourth-order valence-electron chi connectivity index (χ4n) is 1.07. The first-order chi connectivity index (χ1) is 7.66. The number of carbonyl (C=O) groups is 1. The Balaban J connectivity index is 2.18. The van der Waals surface area contributed by atoms with E-state index in [2.05, 4.69) is 20.5 Å². The molecule has 0 bridgehead atoms. The second-order valence-corrected chi connectivity index (χ2v) is 3.70. The summed E-state index contributed by atoms with van der Waals surface area (Å²) in [4.78, 5) is 15.5. The summed E-state index contributed by atoms with van der Waals surface area (Å²) in [6.07, 6.45) is 4.40. The molecule has 5 nitrogen and oxygen atoms in total. The fraction of sp³-hybridized carbons (Fsp3) is 0. The average Bonchev–Trinajstić information content (AvgIpc) is 2.74. The number of aromatic amines is 1. The van der Waals surface area contributed by atoms with Gasteiger partial charge in [-0.1, -0.05) is 23.2 Å². The van der Waals surface area contributed by atoms with E-state index < -0.39 is 0 Å². The molecule has 0 aromatic carbocycles. The van der Waals surface area contributed by atoms with Crippen LogP contribution in [-0.4, -0.2) is 21.1 Å². The van der Waals surface area contributed by atoms with E-state index in [0.717, 1.165) is 0 Å². The van der Waals surface area contributed by atoms with Crippen molar-refractivity contribution < 1.29 is 4.79 Å². The Kier molecular flexibility index (Phi) is 3.07. The summed E-state index contributed by atoms with van der Waals surface area (Å²) >= 11 is 11.4. The molecule has 0 radical (unpaired) electrons. The molecule has 16 heavy (non-hydrogen) atoms. The van der Waals surface area contributed by atoms with E-state index in [1.807, 2.05) is 0 Å². The summed E-state index contributed by atoms with van der Waals surface area (Å²) in [7, 11) is 0. The van der Waals surface area contributed by atoms with E-state index >= 15 is 0 Å². The molecule has 0 fully saturated rings. The molecule has 0 unspecified atom stereocenters. The van der Waals surface area contributed by atoms with Crippen molar-refractivity contribution in [2.75, 3.05) is 5.32 Å². The number of anilines is 1. The topological polar surface area (TPSA) is 70.7 Å². The van der Waals surface area contributed by atoms with E-state index in [0.29, 0.717) is 11.3 Å². The van der Waals surface area contributed by atoms with Crippen molar-refractivity contribution in [1.82, 2.24) is 15.2 Å². The van der Waals surface area contributed by atoms with Gasteiger partial charge < -0.3 is 5.32 Å². The van der Waals surface area contributed by atoms with Gasteiger partial charge in [-0.3, -0.25) is 9.89 Å². The Labute approximate surface area is 101 Å². The van der Waals surface area contributed by atoms with Crippen LogP contribution in [0, 0.1) is 0 Å². The first-order valence-corrected chi connectivity index (χ1v) is 5.03. The predicted octanol–water partition coefficient (Wildman–Crippen LogP) is 2.36. The van der Waals surface area contributed by atoms with Gasteiger partial charge in [0.05, 0.1) is 22.5 Å². The van der Waals surface area contributed by atoms with Crippen molar-refractivity contribution in [3.63, 3.8) is 0 Å². The van der Waals surface area contributed by atoms with Crippen LogP contribution in [0.1, 0.15) is 10.4 Å². The quantitative estimate of drug-likeness (QED) is 0.811. The van der Waals surface area contributed by atoms with E-state index in [4.69, 9.17) is 23.2 Å². The monoisotopic (exact) mass is 256 g/mol. The summed E-state index contributed by atoms with van der Waals surface area (Å²) in [6.45, 7) is 0. The molecule has 2 heterocycles. The van der Waals surface area contributed by atoms with Gasteiger partial charge in [0.2, 0.25) is 0 Å². The number of amides is 1. The predicted molar refractivity (Wildman–Crippen MR) is 60.8 cm³/mol. The standard InChI is InChI=1S/C9H6Cl2N4O/c10-7-1-5(2-12-8(7)11)9(16)15-6-3-13-14-4-6/h1-4H,(H,13,14)(H,15,16). The highest BCUT2D eigenvalue weighted by Gasteiger charge is 2.09. The number of nitrogens with zero attached hydrogens (tertiary/aromatic N) is 2. The molecule has 0 saturated heterocycles. The lowest BCUT2D eigenvalue weighted by Crippen LogP contribution is -2.11. The number of pyridine rings is 1. The number of rotatable bonds is 2. The number of hydrogen-bond donors (Lipinski definition) is 2. The average molecular weight is 257 g/mol. The Bertz CT molecular complexity index is 512. The molecule has 0 atom stereocenters. The maximum Gasteiger partial charge on any atom is 0.257 e. The molecule has 2 N–H and O–H groups in total. The van der Waals surface area contributed by atoms with Gasteiger partial charge in [0.25, 0.3) is 5.91 Å². The van der Waals surface area contributed by atoms with Crippen molar-refractivity contribution in [2.24, 2.45) is 0 Å². The third-order valence-electron chi connectivity index (χ3n) is 1.81. The van der Waals surface area contributed by atoms with E-state index in [-0.39, 0.29) is 16.1 Å². The van der Waals surface area contributed by atoms with Crippen LogP contribution < -0.4 is 5.32 Å². The van der Waals surface area contributed by atoms with Crippen molar-refractivity contribution >= 4 is 34.8 Å². The molecule has 2 aromatic heterocycles. The highest BCUT2D eigenvalue weighted by molar-refractivity contribution is 6.41. The molecule has 7 heteroatoms. The lowest BCUT2D eigenvalue weighted by atomic mass is 10.2. The Morgan fingerprint density at radius 3 is 2.81 bits per heavy atom. The van der Waals surface area contributed by atoms with Crippen molar-refractivity contribution in [3.05, 3.63) is 40.4 Å². The van der Waals surface area contributed by atoms with Crippen LogP contribution in [0.25, 0.3) is 0 Å². The molecule has 0 aliphatic rings. The smallest absolute Gasteiger partial charge is 0.257 e. The minimum Gasteiger partial charge on any atom is -0.319 e. The molecule has 0 aliphatic heterocycles. The largest absolute Gasteiger partial charge is 0.319 e. The maximum atomic E-state index is 11.7. The summed E-state index contributed by atoms with van der Waals surface area (Å²) in [6, 6.07) is 1.45. The molecule has 2 rings (SSSR count). The van der Waals surface area contributed by atoms with Crippen LogP contribution in [-0.2, 0) is 0 Å². The molecule has 2 aromatic rings. The van der Waals surface area contributed by atoms with Crippen LogP contribution in [0.5, 0.6) is 0 Å². The number of hydrogen-bond acceptors (Lipinski definition) is 3. The molecule has 0 aliphatic carbocycles. The highest BCUT2D eigenvalue weighted by Crippen LogP contribution is 2.20. The molecule has 1 amide bonds. The molecule has 82 valence electrons. The first kappa shape index (κ1) is 10.9. The van der Waals surface area contributed by atoms with Gasteiger partial charge in [-0.05, 0) is 6.07 Å². The van der Waals surface area contributed by atoms with Crippen molar-refractivity contribution in [2.45, 2.75) is 0 Å². The normalized spacial score (nSPS) is 10.1.